The van der Waals surface area contributed by atoms with Crippen molar-refractivity contribution in [3.63, 3.8) is 0 Å². The molecule has 0 fully saturated rings. The van der Waals surface area contributed by atoms with Gasteiger partial charge in [-0.1, -0.05) is 6.82 Å². The maximum absolute atomic E-state index is 15.0. The van der Waals surface area contributed by atoms with Crippen molar-refractivity contribution in [3.05, 3.63) is 40.3 Å². The number of aryl methyl sites for hydroxylation is 1. The number of nitrogens with one attached hydrogen (secondary N) is 1. The number of carbonyl (C=O) groups excluding carboxylic acids is 1. The lowest BCUT2D eigenvalue weighted by Crippen LogP contribution is -2.13. The van der Waals surface area contributed by atoms with Crippen LogP contribution in [0.4, 0.5) is 4.39 Å². The van der Waals surface area contributed by atoms with Crippen molar-refractivity contribution in [2.75, 3.05) is 13.7 Å². The van der Waals surface area contributed by atoms with Crippen LogP contribution in [0.1, 0.15) is 28.8 Å². The minimum Gasteiger partial charge on any atom is -0.490 e. The molecule has 0 spiro atoms. The standard InChI is InChI=1S/C22H23BFN2O3/c1-11-13-6-5-7-29-21(13)17(24)8-14(11)20-15(10-19(27)28-4)12(2)25-22-16(20)9-18(23-3)26-22/h8-9H,5-7,10H2,1-4H3,(H,25,26). The normalized spacial score (nSPS) is 13.1. The third-order valence-corrected chi connectivity index (χ3v) is 5.67. The number of methoxy groups -OCH3 is 1. The van der Waals surface area contributed by atoms with Gasteiger partial charge < -0.3 is 14.5 Å². The van der Waals surface area contributed by atoms with Crippen LogP contribution < -0.4 is 10.3 Å². The van der Waals surface area contributed by atoms with E-state index >= 15 is 0 Å². The van der Waals surface area contributed by atoms with Crippen LogP contribution in [-0.2, 0) is 22.4 Å². The molecule has 3 heterocycles. The van der Waals surface area contributed by atoms with Gasteiger partial charge in [-0.15, -0.1) is 0 Å². The van der Waals surface area contributed by atoms with Gasteiger partial charge >= 0.3 is 5.97 Å². The summed E-state index contributed by atoms with van der Waals surface area (Å²) in [5.41, 5.74) is 6.57. The lowest BCUT2D eigenvalue weighted by atomic mass is 9.78. The smallest absolute Gasteiger partial charge is 0.310 e. The number of hydrogen-bond donors (Lipinski definition) is 1. The van der Waals surface area contributed by atoms with Crippen LogP contribution in [0.15, 0.2) is 12.1 Å². The summed E-state index contributed by atoms with van der Waals surface area (Å²) < 4.78 is 25.5. The van der Waals surface area contributed by atoms with Crippen LogP contribution in [0, 0.1) is 19.7 Å². The van der Waals surface area contributed by atoms with Gasteiger partial charge in [-0.05, 0) is 66.7 Å². The van der Waals surface area contributed by atoms with E-state index in [1.54, 1.807) is 0 Å². The fraction of sp³-hybridized carbons (Fsp3) is 0.364. The number of carbonyl (C=O) groups is 1. The second-order valence-corrected chi connectivity index (χ2v) is 7.37. The molecule has 0 unspecified atom stereocenters. The van der Waals surface area contributed by atoms with Crippen molar-refractivity contribution < 1.29 is 18.7 Å². The van der Waals surface area contributed by atoms with E-state index in [1.165, 1.54) is 13.2 Å². The molecule has 1 N–H and O–H groups in total. The van der Waals surface area contributed by atoms with E-state index in [2.05, 4.69) is 9.97 Å². The summed E-state index contributed by atoms with van der Waals surface area (Å²) in [6, 6.07) is 3.52. The molecule has 0 saturated carbocycles. The van der Waals surface area contributed by atoms with E-state index in [0.717, 1.165) is 57.3 Å². The van der Waals surface area contributed by atoms with E-state index in [9.17, 15) is 9.18 Å². The first kappa shape index (κ1) is 19.5. The van der Waals surface area contributed by atoms with Crippen LogP contribution in [0.3, 0.4) is 0 Å². The van der Waals surface area contributed by atoms with Gasteiger partial charge in [0.1, 0.15) is 5.65 Å². The molecule has 1 radical (unpaired) electrons. The molecule has 0 amide bonds. The van der Waals surface area contributed by atoms with E-state index < -0.39 is 0 Å². The van der Waals surface area contributed by atoms with Crippen LogP contribution in [-0.4, -0.2) is 36.9 Å². The minimum absolute atomic E-state index is 0.0750. The van der Waals surface area contributed by atoms with Crippen molar-refractivity contribution in [2.45, 2.75) is 39.9 Å². The molecular formula is C22H23BFN2O3. The Hall–Kier alpha value is -2.83. The summed E-state index contributed by atoms with van der Waals surface area (Å²) >= 11 is 0. The molecule has 0 bridgehead atoms. The van der Waals surface area contributed by atoms with Gasteiger partial charge in [-0.25, -0.2) is 9.37 Å². The maximum atomic E-state index is 15.0. The number of benzene rings is 1. The minimum atomic E-state index is -0.371. The van der Waals surface area contributed by atoms with Gasteiger partial charge in [0.05, 0.1) is 20.1 Å². The molecule has 0 aliphatic carbocycles. The number of aromatic amines is 1. The number of esters is 1. The zero-order valence-electron chi connectivity index (χ0n) is 17.1. The Balaban J connectivity index is 2.06. The molecule has 0 atom stereocenters. The monoisotopic (exact) mass is 393 g/mol. The lowest BCUT2D eigenvalue weighted by molar-refractivity contribution is -0.139. The molecule has 1 aromatic carbocycles. The van der Waals surface area contributed by atoms with Crippen LogP contribution in [0.2, 0.25) is 6.82 Å². The largest absolute Gasteiger partial charge is 0.490 e. The summed E-state index contributed by atoms with van der Waals surface area (Å²) in [4.78, 5) is 20.1. The molecule has 0 saturated heterocycles. The molecule has 29 heavy (non-hydrogen) atoms. The molecule has 4 rings (SSSR count). The zero-order valence-corrected chi connectivity index (χ0v) is 17.1. The fourth-order valence-electron chi connectivity index (χ4n) is 4.13. The number of nitrogens with zero attached hydrogens (tertiary/aromatic N) is 1. The third-order valence-electron chi connectivity index (χ3n) is 5.67. The number of H-pyrrole nitrogens is 1. The Morgan fingerprint density at radius 3 is 2.90 bits per heavy atom. The number of ether oxygens (including phenoxy) is 2. The summed E-state index contributed by atoms with van der Waals surface area (Å²) in [5.74, 6) is -0.372. The molecule has 1 aliphatic rings. The van der Waals surface area contributed by atoms with Gasteiger partial charge in [0, 0.05) is 16.6 Å². The predicted octanol–water partition coefficient (Wildman–Crippen LogP) is 3.40. The molecule has 7 heteroatoms. The van der Waals surface area contributed by atoms with Gasteiger partial charge in [-0.3, -0.25) is 4.79 Å². The Kier molecular flexibility index (Phi) is 5.07. The highest BCUT2D eigenvalue weighted by atomic mass is 19.1. The number of rotatable bonds is 4. The average molecular weight is 393 g/mol. The van der Waals surface area contributed by atoms with Gasteiger partial charge in [0.25, 0.3) is 0 Å². The molecule has 2 aromatic heterocycles. The maximum Gasteiger partial charge on any atom is 0.310 e. The summed E-state index contributed by atoms with van der Waals surface area (Å²) in [6.07, 6.45) is 1.70. The Bertz CT molecular complexity index is 1120. The quantitative estimate of drug-likeness (QED) is 0.545. The van der Waals surface area contributed by atoms with E-state index in [0.29, 0.717) is 18.0 Å². The van der Waals surface area contributed by atoms with Crippen molar-refractivity contribution in [2.24, 2.45) is 0 Å². The topological polar surface area (TPSA) is 64.2 Å². The highest BCUT2D eigenvalue weighted by molar-refractivity contribution is 6.51. The molecule has 1 aliphatic heterocycles. The SMILES string of the molecule is C[B]c1cc2c(-c3cc(F)c4c(c3C)CCCO4)c(CC(=O)OC)c(C)nc2[nH]1. The van der Waals surface area contributed by atoms with Crippen LogP contribution in [0.25, 0.3) is 22.2 Å². The zero-order chi connectivity index (χ0) is 20.7. The van der Waals surface area contributed by atoms with E-state index in [1.807, 2.05) is 34.0 Å². The highest BCUT2D eigenvalue weighted by Crippen LogP contribution is 2.41. The van der Waals surface area contributed by atoms with Crippen molar-refractivity contribution >= 4 is 29.9 Å². The average Bonchev–Trinajstić information content (AvgIpc) is 3.14. The lowest BCUT2D eigenvalue weighted by Gasteiger charge is -2.23. The van der Waals surface area contributed by atoms with Crippen molar-refractivity contribution in [1.82, 2.24) is 9.97 Å². The highest BCUT2D eigenvalue weighted by Gasteiger charge is 2.25. The van der Waals surface area contributed by atoms with Crippen LogP contribution in [0.5, 0.6) is 5.75 Å². The molecule has 3 aromatic rings. The second kappa shape index (κ2) is 7.54. The Morgan fingerprint density at radius 2 is 2.17 bits per heavy atom. The Morgan fingerprint density at radius 1 is 1.38 bits per heavy atom. The third kappa shape index (κ3) is 3.28. The predicted molar refractivity (Wildman–Crippen MR) is 112 cm³/mol. The second-order valence-electron chi connectivity index (χ2n) is 7.37. The van der Waals surface area contributed by atoms with Gasteiger partial charge in [0.15, 0.2) is 18.8 Å². The van der Waals surface area contributed by atoms with E-state index in [-0.39, 0.29) is 18.2 Å². The first-order valence-electron chi connectivity index (χ1n) is 9.78. The number of halogens is 1. The van der Waals surface area contributed by atoms with Crippen LogP contribution >= 0.6 is 0 Å². The summed E-state index contributed by atoms with van der Waals surface area (Å²) in [7, 11) is 3.32. The first-order valence-corrected chi connectivity index (χ1v) is 9.78. The Labute approximate surface area is 169 Å². The summed E-state index contributed by atoms with van der Waals surface area (Å²) in [5, 5.41) is 0.863. The van der Waals surface area contributed by atoms with Crippen molar-refractivity contribution in [1.29, 1.82) is 0 Å². The van der Waals surface area contributed by atoms with Gasteiger partial charge in [-0.2, -0.15) is 0 Å². The van der Waals surface area contributed by atoms with Crippen molar-refractivity contribution in [3.8, 4) is 16.9 Å². The molecule has 149 valence electrons. The van der Waals surface area contributed by atoms with E-state index in [4.69, 9.17) is 9.47 Å². The summed E-state index contributed by atoms with van der Waals surface area (Å²) in [6.45, 7) is 6.33. The molecular weight excluding hydrogens is 370 g/mol. The number of fused-ring (bicyclic) bond motifs is 2. The first-order chi connectivity index (χ1) is 13.9. The number of aromatic nitrogens is 2. The van der Waals surface area contributed by atoms with Gasteiger partial charge in [0.2, 0.25) is 0 Å². The molecule has 5 nitrogen and oxygen atoms in total. The fourth-order valence-corrected chi connectivity index (χ4v) is 4.13. The number of pyridine rings is 1. The number of hydrogen-bond acceptors (Lipinski definition) is 4.